The molecule has 1 aromatic rings. The van der Waals surface area contributed by atoms with E-state index in [2.05, 4.69) is 11.6 Å². The Kier molecular flexibility index (Phi) is 8.30. The molecule has 5 heteroatoms. The Morgan fingerprint density at radius 3 is 2.20 bits per heavy atom. The fraction of sp³-hybridized carbons (Fsp3) is 0.600. The van der Waals surface area contributed by atoms with Crippen molar-refractivity contribution >= 4 is 11.8 Å². The first-order chi connectivity index (χ1) is 9.76. The summed E-state index contributed by atoms with van der Waals surface area (Å²) in [6, 6.07) is 3.83. The van der Waals surface area contributed by atoms with Crippen molar-refractivity contribution in [3.8, 4) is 17.2 Å². The first-order valence-electron chi connectivity index (χ1n) is 6.75. The largest absolute Gasteiger partial charge is 0.496 e. The fourth-order valence-corrected chi connectivity index (χ4v) is 2.44. The third-order valence-electron chi connectivity index (χ3n) is 3.05. The Labute approximate surface area is 126 Å². The zero-order chi connectivity index (χ0) is 14.8. The van der Waals surface area contributed by atoms with Gasteiger partial charge in [0, 0.05) is 18.2 Å². The summed E-state index contributed by atoms with van der Waals surface area (Å²) in [4.78, 5) is 0. The SMILES string of the molecule is COc1cc(OC)c(OC)cc1CNCCCCSC. The van der Waals surface area contributed by atoms with Crippen molar-refractivity contribution in [1.82, 2.24) is 5.32 Å². The van der Waals surface area contributed by atoms with Gasteiger partial charge in [-0.3, -0.25) is 0 Å². The van der Waals surface area contributed by atoms with Gasteiger partial charge in [-0.1, -0.05) is 0 Å². The molecule has 0 heterocycles. The first-order valence-corrected chi connectivity index (χ1v) is 8.14. The monoisotopic (exact) mass is 299 g/mol. The average Bonchev–Trinajstić information content (AvgIpc) is 2.49. The van der Waals surface area contributed by atoms with Crippen molar-refractivity contribution < 1.29 is 14.2 Å². The lowest BCUT2D eigenvalue weighted by Crippen LogP contribution is -2.15. The molecule has 0 saturated heterocycles. The van der Waals surface area contributed by atoms with E-state index < -0.39 is 0 Å². The van der Waals surface area contributed by atoms with Crippen molar-refractivity contribution in [2.45, 2.75) is 19.4 Å². The second-order valence-electron chi connectivity index (χ2n) is 4.40. The highest BCUT2D eigenvalue weighted by Gasteiger charge is 2.11. The van der Waals surface area contributed by atoms with Crippen molar-refractivity contribution in [2.24, 2.45) is 0 Å². The molecule has 20 heavy (non-hydrogen) atoms. The van der Waals surface area contributed by atoms with Gasteiger partial charge in [0.15, 0.2) is 11.5 Å². The van der Waals surface area contributed by atoms with Crippen LogP contribution >= 0.6 is 11.8 Å². The maximum Gasteiger partial charge on any atom is 0.164 e. The summed E-state index contributed by atoms with van der Waals surface area (Å²) in [6.45, 7) is 1.78. The molecule has 0 spiro atoms. The van der Waals surface area contributed by atoms with E-state index in [0.29, 0.717) is 5.75 Å². The molecule has 0 unspecified atom stereocenters. The average molecular weight is 299 g/mol. The number of methoxy groups -OCH3 is 3. The molecule has 1 N–H and O–H groups in total. The maximum atomic E-state index is 5.40. The Morgan fingerprint density at radius 1 is 0.950 bits per heavy atom. The van der Waals surface area contributed by atoms with E-state index in [-0.39, 0.29) is 0 Å². The van der Waals surface area contributed by atoms with E-state index in [1.165, 1.54) is 18.6 Å². The molecule has 4 nitrogen and oxygen atoms in total. The van der Waals surface area contributed by atoms with Gasteiger partial charge in [0.25, 0.3) is 0 Å². The van der Waals surface area contributed by atoms with Gasteiger partial charge in [-0.15, -0.1) is 0 Å². The van der Waals surface area contributed by atoms with E-state index in [0.717, 1.165) is 30.2 Å². The number of hydrogen-bond donors (Lipinski definition) is 1. The molecule has 114 valence electrons. The highest BCUT2D eigenvalue weighted by atomic mass is 32.2. The lowest BCUT2D eigenvalue weighted by molar-refractivity contribution is 0.347. The van der Waals surface area contributed by atoms with Gasteiger partial charge in [0.2, 0.25) is 0 Å². The molecule has 0 amide bonds. The zero-order valence-corrected chi connectivity index (χ0v) is 13.6. The van der Waals surface area contributed by atoms with Crippen LogP contribution in [0.3, 0.4) is 0 Å². The van der Waals surface area contributed by atoms with Gasteiger partial charge in [-0.25, -0.2) is 0 Å². The summed E-state index contributed by atoms with van der Waals surface area (Å²) in [7, 11) is 4.94. The molecule has 1 aromatic carbocycles. The molecule has 0 bridgehead atoms. The summed E-state index contributed by atoms with van der Waals surface area (Å²) in [5.74, 6) is 3.46. The maximum absolute atomic E-state index is 5.40. The van der Waals surface area contributed by atoms with Crippen LogP contribution in [0.25, 0.3) is 0 Å². The summed E-state index contributed by atoms with van der Waals surface area (Å²) >= 11 is 1.89. The molecule has 0 aliphatic heterocycles. The molecule has 0 radical (unpaired) electrons. The van der Waals surface area contributed by atoms with Crippen molar-refractivity contribution in [3.63, 3.8) is 0 Å². The van der Waals surface area contributed by atoms with Gasteiger partial charge in [-0.2, -0.15) is 11.8 Å². The number of thioether (sulfide) groups is 1. The third-order valence-corrected chi connectivity index (χ3v) is 3.75. The summed E-state index contributed by atoms with van der Waals surface area (Å²) < 4.78 is 16.0. The zero-order valence-electron chi connectivity index (χ0n) is 12.8. The molecular weight excluding hydrogens is 274 g/mol. The minimum absolute atomic E-state index is 0.688. The number of ether oxygens (including phenoxy) is 3. The minimum atomic E-state index is 0.688. The molecule has 0 aliphatic carbocycles. The molecule has 0 aromatic heterocycles. The second-order valence-corrected chi connectivity index (χ2v) is 5.38. The molecule has 1 rings (SSSR count). The molecular formula is C15H25NO3S. The van der Waals surface area contributed by atoms with Crippen molar-refractivity contribution in [1.29, 1.82) is 0 Å². The number of rotatable bonds is 10. The van der Waals surface area contributed by atoms with E-state index >= 15 is 0 Å². The van der Waals surface area contributed by atoms with Crippen LogP contribution in [0.1, 0.15) is 18.4 Å². The topological polar surface area (TPSA) is 39.7 Å². The van der Waals surface area contributed by atoms with Crippen LogP contribution in [0, 0.1) is 0 Å². The Morgan fingerprint density at radius 2 is 1.60 bits per heavy atom. The summed E-state index contributed by atoms with van der Waals surface area (Å²) in [5.41, 5.74) is 1.08. The number of benzene rings is 1. The van der Waals surface area contributed by atoms with Crippen LogP contribution < -0.4 is 19.5 Å². The van der Waals surface area contributed by atoms with E-state index in [4.69, 9.17) is 14.2 Å². The van der Waals surface area contributed by atoms with Crippen LogP contribution in [0.2, 0.25) is 0 Å². The lowest BCUT2D eigenvalue weighted by atomic mass is 10.1. The Balaban J connectivity index is 2.59. The van der Waals surface area contributed by atoms with E-state index in [1.54, 1.807) is 21.3 Å². The van der Waals surface area contributed by atoms with E-state index in [9.17, 15) is 0 Å². The van der Waals surface area contributed by atoms with Crippen LogP contribution in [-0.4, -0.2) is 39.9 Å². The molecule has 0 atom stereocenters. The predicted molar refractivity (Wildman–Crippen MR) is 85.4 cm³/mol. The Hall–Kier alpha value is -1.07. The van der Waals surface area contributed by atoms with Crippen LogP contribution in [0.15, 0.2) is 12.1 Å². The van der Waals surface area contributed by atoms with Crippen LogP contribution in [-0.2, 0) is 6.54 Å². The van der Waals surface area contributed by atoms with Crippen molar-refractivity contribution in [3.05, 3.63) is 17.7 Å². The standard InChI is InChI=1S/C15H25NO3S/c1-17-13-10-15(19-3)14(18-2)9-12(13)11-16-7-5-6-8-20-4/h9-10,16H,5-8,11H2,1-4H3. The smallest absolute Gasteiger partial charge is 0.164 e. The number of unbranched alkanes of at least 4 members (excludes halogenated alkanes) is 1. The fourth-order valence-electron chi connectivity index (χ4n) is 1.95. The van der Waals surface area contributed by atoms with Gasteiger partial charge < -0.3 is 19.5 Å². The molecule has 0 aliphatic rings. The highest BCUT2D eigenvalue weighted by Crippen LogP contribution is 2.34. The molecule has 0 saturated carbocycles. The third kappa shape index (κ3) is 5.13. The minimum Gasteiger partial charge on any atom is -0.496 e. The molecule has 0 fully saturated rings. The quantitative estimate of drug-likeness (QED) is 0.673. The summed E-state index contributed by atoms with van der Waals surface area (Å²) in [5, 5.41) is 3.44. The van der Waals surface area contributed by atoms with Crippen LogP contribution in [0.5, 0.6) is 17.2 Å². The van der Waals surface area contributed by atoms with Gasteiger partial charge >= 0.3 is 0 Å². The predicted octanol–water partition coefficient (Wildman–Crippen LogP) is 2.95. The van der Waals surface area contributed by atoms with Crippen molar-refractivity contribution in [2.75, 3.05) is 39.9 Å². The highest BCUT2D eigenvalue weighted by molar-refractivity contribution is 7.98. The second kappa shape index (κ2) is 9.77. The normalized spacial score (nSPS) is 10.4. The lowest BCUT2D eigenvalue weighted by Gasteiger charge is -2.14. The number of nitrogens with one attached hydrogen (secondary N) is 1. The van der Waals surface area contributed by atoms with Gasteiger partial charge in [0.05, 0.1) is 21.3 Å². The van der Waals surface area contributed by atoms with Gasteiger partial charge in [0.1, 0.15) is 5.75 Å². The Bertz CT molecular complexity index is 399. The number of hydrogen-bond acceptors (Lipinski definition) is 5. The summed E-state index contributed by atoms with van der Waals surface area (Å²) in [6.07, 6.45) is 4.58. The van der Waals surface area contributed by atoms with Crippen LogP contribution in [0.4, 0.5) is 0 Å². The van der Waals surface area contributed by atoms with Gasteiger partial charge in [-0.05, 0) is 37.5 Å². The first kappa shape index (κ1) is 17.0. The van der Waals surface area contributed by atoms with E-state index in [1.807, 2.05) is 23.9 Å².